The molecule has 0 amide bonds. The van der Waals surface area contributed by atoms with Crippen LogP contribution in [-0.4, -0.2) is 31.3 Å². The average Bonchev–Trinajstić information content (AvgIpc) is 2.60. The predicted octanol–water partition coefficient (Wildman–Crippen LogP) is 3.52. The summed E-state index contributed by atoms with van der Waals surface area (Å²) in [6.07, 6.45) is 7.51. The molecule has 1 aromatic carbocycles. The molecule has 2 N–H and O–H groups in total. The summed E-state index contributed by atoms with van der Waals surface area (Å²) in [6, 6.07) is 7.91. The molecule has 0 bridgehead atoms. The van der Waals surface area contributed by atoms with Crippen LogP contribution in [0.15, 0.2) is 24.3 Å². The third-order valence-corrected chi connectivity index (χ3v) is 6.75. The van der Waals surface area contributed by atoms with Crippen LogP contribution in [0.4, 0.5) is 0 Å². The molecule has 5 nitrogen and oxygen atoms in total. The normalized spacial score (nSPS) is 17.1. The Morgan fingerprint density at radius 1 is 1.19 bits per heavy atom. The van der Waals surface area contributed by atoms with E-state index in [0.717, 1.165) is 17.0 Å². The number of nitrogens with one attached hydrogen (secondary N) is 1. The van der Waals surface area contributed by atoms with Gasteiger partial charge in [-0.15, -0.1) is 0 Å². The second kappa shape index (κ2) is 10.1. The number of carbonyl (C=O) groups is 1. The molecule has 0 aromatic heterocycles. The Morgan fingerprint density at radius 3 is 2.50 bits per heavy atom. The molecule has 1 aromatic rings. The molecule has 1 aliphatic rings. The minimum atomic E-state index is -3.42. The molecule has 6 heteroatoms. The van der Waals surface area contributed by atoms with Gasteiger partial charge in [-0.25, -0.2) is 8.42 Å². The molecule has 1 saturated carbocycles. The fourth-order valence-electron chi connectivity index (χ4n) is 3.71. The van der Waals surface area contributed by atoms with Crippen molar-refractivity contribution < 1.29 is 18.3 Å². The maximum Gasteiger partial charge on any atom is 0.304 e. The zero-order chi connectivity index (χ0) is 19.0. The fraction of sp³-hybridized carbons (Fsp3) is 0.650. The molecule has 0 saturated heterocycles. The summed E-state index contributed by atoms with van der Waals surface area (Å²) in [7, 11) is -3.42. The number of hydrogen-bond acceptors (Lipinski definition) is 4. The zero-order valence-corrected chi connectivity index (χ0v) is 16.4. The molecule has 1 fully saturated rings. The Balaban J connectivity index is 1.90. The molecule has 0 heterocycles. The summed E-state index contributed by atoms with van der Waals surface area (Å²) < 4.78 is 24.3. The van der Waals surface area contributed by atoms with Crippen molar-refractivity contribution in [2.75, 3.05) is 5.75 Å². The Morgan fingerprint density at radius 2 is 1.85 bits per heavy atom. The van der Waals surface area contributed by atoms with Crippen molar-refractivity contribution >= 4 is 15.8 Å². The van der Waals surface area contributed by atoms with Gasteiger partial charge in [0.1, 0.15) is 0 Å². The SMILES string of the molecule is CC(CC1CCCCC1)NCc1ccccc1CS(=O)(=O)CCC(=O)O. The topological polar surface area (TPSA) is 83.5 Å². The fourth-order valence-corrected chi connectivity index (χ4v) is 5.10. The van der Waals surface area contributed by atoms with Gasteiger partial charge in [0.15, 0.2) is 9.84 Å². The zero-order valence-electron chi connectivity index (χ0n) is 15.6. The third kappa shape index (κ3) is 7.46. The van der Waals surface area contributed by atoms with E-state index in [2.05, 4.69) is 12.2 Å². The number of aliphatic carboxylic acids is 1. The maximum atomic E-state index is 12.2. The van der Waals surface area contributed by atoms with Gasteiger partial charge in [-0.05, 0) is 30.4 Å². The van der Waals surface area contributed by atoms with Crippen LogP contribution in [0.5, 0.6) is 0 Å². The van der Waals surface area contributed by atoms with Gasteiger partial charge in [-0.3, -0.25) is 4.79 Å². The third-order valence-electron chi connectivity index (χ3n) is 5.17. The van der Waals surface area contributed by atoms with Crippen LogP contribution in [0.1, 0.15) is 63.0 Å². The molecular formula is C20H31NO4S. The number of sulfone groups is 1. The van der Waals surface area contributed by atoms with Crippen molar-refractivity contribution in [3.8, 4) is 0 Å². The van der Waals surface area contributed by atoms with E-state index in [1.807, 2.05) is 24.3 Å². The monoisotopic (exact) mass is 381 g/mol. The summed E-state index contributed by atoms with van der Waals surface area (Å²) in [5.74, 6) is -0.699. The Kier molecular flexibility index (Phi) is 8.10. The number of carboxylic acids is 1. The van der Waals surface area contributed by atoms with E-state index in [4.69, 9.17) is 5.11 Å². The summed E-state index contributed by atoms with van der Waals surface area (Å²) in [4.78, 5) is 10.6. The number of carboxylic acid groups (broad SMARTS) is 1. The van der Waals surface area contributed by atoms with E-state index in [9.17, 15) is 13.2 Å². The molecule has 0 aliphatic heterocycles. The highest BCUT2D eigenvalue weighted by Crippen LogP contribution is 2.27. The molecule has 1 atom stereocenters. The highest BCUT2D eigenvalue weighted by atomic mass is 32.2. The van der Waals surface area contributed by atoms with E-state index >= 15 is 0 Å². The van der Waals surface area contributed by atoms with E-state index in [1.165, 1.54) is 38.5 Å². The van der Waals surface area contributed by atoms with Crippen molar-refractivity contribution in [3.05, 3.63) is 35.4 Å². The highest BCUT2D eigenvalue weighted by Gasteiger charge is 2.18. The lowest BCUT2D eigenvalue weighted by molar-refractivity contribution is -0.136. The van der Waals surface area contributed by atoms with Gasteiger partial charge in [0.05, 0.1) is 17.9 Å². The Bertz CT molecular complexity index is 681. The van der Waals surface area contributed by atoms with Crippen LogP contribution in [0.2, 0.25) is 0 Å². The molecular weight excluding hydrogens is 350 g/mol. The maximum absolute atomic E-state index is 12.2. The van der Waals surface area contributed by atoms with Crippen LogP contribution >= 0.6 is 0 Å². The molecule has 1 unspecified atom stereocenters. The van der Waals surface area contributed by atoms with Crippen molar-refractivity contribution in [3.63, 3.8) is 0 Å². The smallest absolute Gasteiger partial charge is 0.304 e. The first-order valence-electron chi connectivity index (χ1n) is 9.58. The van der Waals surface area contributed by atoms with Crippen LogP contribution in [0.3, 0.4) is 0 Å². The Hall–Kier alpha value is -1.40. The van der Waals surface area contributed by atoms with Crippen LogP contribution in [0, 0.1) is 5.92 Å². The minimum Gasteiger partial charge on any atom is -0.481 e. The molecule has 26 heavy (non-hydrogen) atoms. The first-order chi connectivity index (χ1) is 12.4. The van der Waals surface area contributed by atoms with E-state index in [-0.39, 0.29) is 17.9 Å². The number of hydrogen-bond donors (Lipinski definition) is 2. The highest BCUT2D eigenvalue weighted by molar-refractivity contribution is 7.90. The first kappa shape index (κ1) is 20.9. The predicted molar refractivity (Wildman–Crippen MR) is 104 cm³/mol. The van der Waals surface area contributed by atoms with Crippen molar-refractivity contribution in [2.45, 2.75) is 70.2 Å². The summed E-state index contributed by atoms with van der Waals surface area (Å²) in [6.45, 7) is 2.83. The van der Waals surface area contributed by atoms with Gasteiger partial charge in [0.25, 0.3) is 0 Å². The van der Waals surface area contributed by atoms with Gasteiger partial charge >= 0.3 is 5.97 Å². The number of benzene rings is 1. The van der Waals surface area contributed by atoms with Crippen molar-refractivity contribution in [1.82, 2.24) is 5.32 Å². The Labute approximate surface area is 157 Å². The number of rotatable bonds is 10. The van der Waals surface area contributed by atoms with E-state index < -0.39 is 15.8 Å². The first-order valence-corrected chi connectivity index (χ1v) is 11.4. The van der Waals surface area contributed by atoms with Gasteiger partial charge in [0.2, 0.25) is 0 Å². The van der Waals surface area contributed by atoms with E-state index in [1.54, 1.807) is 0 Å². The van der Waals surface area contributed by atoms with Gasteiger partial charge in [-0.1, -0.05) is 56.4 Å². The quantitative estimate of drug-likeness (QED) is 0.648. The van der Waals surface area contributed by atoms with Gasteiger partial charge < -0.3 is 10.4 Å². The molecule has 146 valence electrons. The van der Waals surface area contributed by atoms with Gasteiger partial charge in [-0.2, -0.15) is 0 Å². The average molecular weight is 382 g/mol. The summed E-state index contributed by atoms with van der Waals surface area (Å²) in [5, 5.41) is 12.2. The lowest BCUT2D eigenvalue weighted by Crippen LogP contribution is -2.29. The van der Waals surface area contributed by atoms with E-state index in [0.29, 0.717) is 12.6 Å². The van der Waals surface area contributed by atoms with Crippen molar-refractivity contribution in [1.29, 1.82) is 0 Å². The molecule has 2 rings (SSSR count). The van der Waals surface area contributed by atoms with Crippen LogP contribution in [-0.2, 0) is 26.9 Å². The van der Waals surface area contributed by atoms with Crippen LogP contribution in [0.25, 0.3) is 0 Å². The minimum absolute atomic E-state index is 0.102. The lowest BCUT2D eigenvalue weighted by Gasteiger charge is -2.25. The van der Waals surface area contributed by atoms with Crippen LogP contribution < -0.4 is 5.32 Å². The standard InChI is InChI=1S/C20H31NO4S/c1-16(13-17-7-3-2-4-8-17)21-14-18-9-5-6-10-19(18)15-26(24,25)12-11-20(22)23/h5-6,9-10,16-17,21H,2-4,7-8,11-15H2,1H3,(H,22,23). The summed E-state index contributed by atoms with van der Waals surface area (Å²) >= 11 is 0. The molecule has 1 aliphatic carbocycles. The second-order valence-electron chi connectivity index (χ2n) is 7.53. The largest absolute Gasteiger partial charge is 0.481 e. The molecule has 0 spiro atoms. The second-order valence-corrected chi connectivity index (χ2v) is 9.71. The lowest BCUT2D eigenvalue weighted by atomic mass is 9.85. The van der Waals surface area contributed by atoms with Crippen molar-refractivity contribution in [2.24, 2.45) is 5.92 Å². The molecule has 0 radical (unpaired) electrons. The summed E-state index contributed by atoms with van der Waals surface area (Å²) in [5.41, 5.74) is 1.73. The van der Waals surface area contributed by atoms with Gasteiger partial charge in [0, 0.05) is 12.6 Å².